The van der Waals surface area contributed by atoms with Gasteiger partial charge in [0.15, 0.2) is 0 Å². The minimum atomic E-state index is -1.27. The molecule has 0 aromatic rings. The minimum Gasteiger partial charge on any atom is -0.478 e. The van der Waals surface area contributed by atoms with Crippen molar-refractivity contribution in [2.75, 3.05) is 6.61 Å². The lowest BCUT2D eigenvalue weighted by molar-refractivity contribution is -0.138. The number of carbonyl (C=O) groups is 2. The van der Waals surface area contributed by atoms with Crippen LogP contribution in [-0.4, -0.2) is 23.7 Å². The Morgan fingerprint density at radius 1 is 1.64 bits per heavy atom. The van der Waals surface area contributed by atoms with Crippen LogP contribution in [0.25, 0.3) is 0 Å². The second kappa shape index (κ2) is 4.73. The van der Waals surface area contributed by atoms with Crippen molar-refractivity contribution in [3.8, 4) is 0 Å². The monoisotopic (exact) mass is 178 g/mol. The number of ether oxygens (including phenoxy) is 1. The molecule has 0 radical (unpaired) electrons. The molecule has 0 fully saturated rings. The van der Waals surface area contributed by atoms with E-state index in [0.717, 1.165) is 0 Å². The van der Waals surface area contributed by atoms with Crippen LogP contribution in [0.2, 0.25) is 0 Å². The molecule has 0 aromatic heterocycles. The van der Waals surface area contributed by atoms with Crippen molar-refractivity contribution in [1.82, 2.24) is 0 Å². The van der Waals surface area contributed by atoms with Gasteiger partial charge in [0.2, 0.25) is 0 Å². The van der Waals surface area contributed by atoms with Crippen molar-refractivity contribution in [3.05, 3.63) is 11.1 Å². The highest BCUT2D eigenvalue weighted by Crippen LogP contribution is 2.02. The highest BCUT2D eigenvalue weighted by molar-refractivity contribution is 6.42. The first-order valence-electron chi connectivity index (χ1n) is 2.85. The summed E-state index contributed by atoms with van der Waals surface area (Å²) in [7, 11) is 0. The summed E-state index contributed by atoms with van der Waals surface area (Å²) in [6.45, 7) is 1.77. The van der Waals surface area contributed by atoms with Crippen molar-refractivity contribution < 1.29 is 19.4 Å². The zero-order valence-electron chi connectivity index (χ0n) is 5.83. The van der Waals surface area contributed by atoms with Gasteiger partial charge < -0.3 is 9.84 Å². The van der Waals surface area contributed by atoms with Gasteiger partial charge in [-0.05, 0) is 6.92 Å². The van der Waals surface area contributed by atoms with Crippen LogP contribution in [-0.2, 0) is 14.3 Å². The number of rotatable bonds is 3. The summed E-state index contributed by atoms with van der Waals surface area (Å²) in [4.78, 5) is 20.5. The Morgan fingerprint density at radius 2 is 2.18 bits per heavy atom. The van der Waals surface area contributed by atoms with Crippen molar-refractivity contribution >= 4 is 23.5 Å². The Morgan fingerprint density at radius 3 is 2.55 bits per heavy atom. The van der Waals surface area contributed by atoms with Crippen LogP contribution in [0.3, 0.4) is 0 Å². The van der Waals surface area contributed by atoms with Crippen LogP contribution in [0.4, 0.5) is 0 Å². The third-order valence-electron chi connectivity index (χ3n) is 0.721. The molecule has 0 spiro atoms. The van der Waals surface area contributed by atoms with Gasteiger partial charge in [0.25, 0.3) is 0 Å². The molecule has 62 valence electrons. The topological polar surface area (TPSA) is 63.6 Å². The van der Waals surface area contributed by atoms with E-state index in [1.54, 1.807) is 6.92 Å². The molecule has 1 N–H and O–H groups in total. The van der Waals surface area contributed by atoms with E-state index in [9.17, 15) is 9.59 Å². The molecule has 5 heteroatoms. The molecule has 0 aliphatic rings. The van der Waals surface area contributed by atoms with Gasteiger partial charge in [0.05, 0.1) is 6.61 Å². The predicted molar refractivity (Wildman–Crippen MR) is 38.2 cm³/mol. The number of esters is 1. The third kappa shape index (κ3) is 4.38. The lowest BCUT2D eigenvalue weighted by atomic mass is 10.5. The molecule has 0 aliphatic carbocycles. The number of halogens is 1. The maximum absolute atomic E-state index is 10.6. The first-order valence-corrected chi connectivity index (χ1v) is 3.23. The molecule has 0 aliphatic heterocycles. The van der Waals surface area contributed by atoms with Gasteiger partial charge in [-0.25, -0.2) is 9.59 Å². The van der Waals surface area contributed by atoms with Crippen LogP contribution < -0.4 is 0 Å². The second-order valence-corrected chi connectivity index (χ2v) is 1.96. The molecule has 0 saturated carbocycles. The molecule has 0 rings (SSSR count). The van der Waals surface area contributed by atoms with Gasteiger partial charge >= 0.3 is 11.9 Å². The molecular formula is C6H7ClO4. The molecule has 0 aromatic carbocycles. The largest absolute Gasteiger partial charge is 0.478 e. The molecule has 0 amide bonds. The lowest BCUT2D eigenvalue weighted by Crippen LogP contribution is -2.05. The molecule has 0 saturated heterocycles. The van der Waals surface area contributed by atoms with E-state index in [2.05, 4.69) is 4.74 Å². The third-order valence-corrected chi connectivity index (χ3v) is 0.984. The van der Waals surface area contributed by atoms with Crippen LogP contribution in [0.5, 0.6) is 0 Å². The fourth-order valence-corrected chi connectivity index (χ4v) is 0.515. The van der Waals surface area contributed by atoms with Crippen LogP contribution in [0.15, 0.2) is 11.1 Å². The number of carbonyl (C=O) groups excluding carboxylic acids is 1. The fourth-order valence-electron chi connectivity index (χ4n) is 0.367. The number of carboxylic acids is 1. The lowest BCUT2D eigenvalue weighted by Gasteiger charge is -1.96. The van der Waals surface area contributed by atoms with Crippen molar-refractivity contribution in [2.24, 2.45) is 0 Å². The van der Waals surface area contributed by atoms with Gasteiger partial charge in [0, 0.05) is 6.08 Å². The summed E-state index contributed by atoms with van der Waals surface area (Å²) in [5.74, 6) is -2.10. The van der Waals surface area contributed by atoms with Crippen LogP contribution in [0.1, 0.15) is 6.92 Å². The molecule has 11 heavy (non-hydrogen) atoms. The Labute approximate surface area is 68.4 Å². The van der Waals surface area contributed by atoms with Gasteiger partial charge in [-0.1, -0.05) is 11.6 Å². The summed E-state index contributed by atoms with van der Waals surface area (Å²) in [6.07, 6.45) is 0.583. The molecule has 4 nitrogen and oxygen atoms in total. The normalized spacial score (nSPS) is 10.9. The molecule has 0 heterocycles. The standard InChI is InChI=1S/C6H7ClO4/c1-2-11-6(10)4(7)3-5(8)9/h3H,2H2,1H3,(H,8,9)/b4-3-. The Bertz CT molecular complexity index is 197. The number of carboxylic acid groups (broad SMARTS) is 1. The maximum atomic E-state index is 10.6. The predicted octanol–water partition coefficient (Wildman–Crippen LogP) is 0.757. The maximum Gasteiger partial charge on any atom is 0.350 e. The summed E-state index contributed by atoms with van der Waals surface area (Å²) < 4.78 is 4.40. The van der Waals surface area contributed by atoms with E-state index in [0.29, 0.717) is 6.08 Å². The highest BCUT2D eigenvalue weighted by atomic mass is 35.5. The highest BCUT2D eigenvalue weighted by Gasteiger charge is 2.08. The van der Waals surface area contributed by atoms with Crippen LogP contribution >= 0.6 is 11.6 Å². The first kappa shape index (κ1) is 9.97. The Kier molecular flexibility index (Phi) is 4.29. The fraction of sp³-hybridized carbons (Fsp3) is 0.333. The number of hydrogen-bond donors (Lipinski definition) is 1. The second-order valence-electron chi connectivity index (χ2n) is 1.55. The van der Waals surface area contributed by atoms with Gasteiger partial charge in [-0.15, -0.1) is 0 Å². The van der Waals surface area contributed by atoms with E-state index < -0.39 is 17.0 Å². The smallest absolute Gasteiger partial charge is 0.350 e. The Hall–Kier alpha value is -1.03. The molecule has 0 unspecified atom stereocenters. The zero-order chi connectivity index (χ0) is 8.85. The zero-order valence-corrected chi connectivity index (χ0v) is 6.59. The first-order chi connectivity index (χ1) is 5.07. The van der Waals surface area contributed by atoms with E-state index in [4.69, 9.17) is 16.7 Å². The summed E-state index contributed by atoms with van der Waals surface area (Å²) in [5.41, 5.74) is 0. The van der Waals surface area contributed by atoms with Gasteiger partial charge in [-0.3, -0.25) is 0 Å². The van der Waals surface area contributed by atoms with Gasteiger partial charge in [-0.2, -0.15) is 0 Å². The SMILES string of the molecule is CCOC(=O)/C(Cl)=C/C(=O)O. The number of hydrogen-bond acceptors (Lipinski definition) is 3. The average molecular weight is 179 g/mol. The van der Waals surface area contributed by atoms with E-state index in [1.807, 2.05) is 0 Å². The molecular weight excluding hydrogens is 172 g/mol. The van der Waals surface area contributed by atoms with E-state index in [-0.39, 0.29) is 6.61 Å². The van der Waals surface area contributed by atoms with Crippen molar-refractivity contribution in [1.29, 1.82) is 0 Å². The number of aliphatic carboxylic acids is 1. The summed E-state index contributed by atoms with van der Waals surface area (Å²) in [5, 5.41) is 7.70. The van der Waals surface area contributed by atoms with Gasteiger partial charge in [0.1, 0.15) is 5.03 Å². The van der Waals surface area contributed by atoms with E-state index >= 15 is 0 Å². The average Bonchev–Trinajstić information content (AvgIpc) is 1.86. The quantitative estimate of drug-likeness (QED) is 0.512. The summed E-state index contributed by atoms with van der Waals surface area (Å²) in [6, 6.07) is 0. The molecule has 0 atom stereocenters. The Balaban J connectivity index is 4.12. The minimum absolute atomic E-state index is 0.169. The van der Waals surface area contributed by atoms with Crippen molar-refractivity contribution in [3.63, 3.8) is 0 Å². The molecule has 0 bridgehead atoms. The van der Waals surface area contributed by atoms with Crippen LogP contribution in [0, 0.1) is 0 Å². The summed E-state index contributed by atoms with van der Waals surface area (Å²) >= 11 is 5.21. The van der Waals surface area contributed by atoms with Crippen molar-refractivity contribution in [2.45, 2.75) is 6.92 Å². The van der Waals surface area contributed by atoms with E-state index in [1.165, 1.54) is 0 Å².